The molecule has 2 fully saturated rings. The molecule has 3 rings (SSSR count). The van der Waals surface area contributed by atoms with Gasteiger partial charge in [-0.2, -0.15) is 0 Å². The Morgan fingerprint density at radius 1 is 1.09 bits per heavy atom. The van der Waals surface area contributed by atoms with E-state index in [0.29, 0.717) is 18.2 Å². The maximum atomic E-state index is 5.83. The Kier molecular flexibility index (Phi) is 9.29. The van der Waals surface area contributed by atoms with E-state index in [1.54, 1.807) is 14.2 Å². The molecule has 3 unspecified atom stereocenters. The standard InChI is InChI=1S/C24H41N5O3/c1-6-25-24(26-9-7-10-28-15-18(2)32-19(3)16-28)27-20-8-11-29(17-20)21-12-22(30-4)14-23(13-21)31-5/h12-14,18-20H,6-11,15-17H2,1-5H3,(H2,25,26,27). The van der Waals surface area contributed by atoms with E-state index in [4.69, 9.17) is 19.2 Å². The van der Waals surface area contributed by atoms with E-state index < -0.39 is 0 Å². The van der Waals surface area contributed by atoms with Crippen molar-refractivity contribution in [1.29, 1.82) is 0 Å². The van der Waals surface area contributed by atoms with E-state index in [0.717, 1.165) is 81.8 Å². The molecule has 3 atom stereocenters. The second kappa shape index (κ2) is 12.2. The molecule has 0 saturated carbocycles. The van der Waals surface area contributed by atoms with Crippen LogP contribution in [0, 0.1) is 0 Å². The average molecular weight is 448 g/mol. The second-order valence-electron chi connectivity index (χ2n) is 8.78. The minimum atomic E-state index is 0.316. The molecule has 8 heteroatoms. The van der Waals surface area contributed by atoms with Crippen molar-refractivity contribution >= 4 is 11.6 Å². The second-order valence-corrected chi connectivity index (χ2v) is 8.78. The molecule has 2 N–H and O–H groups in total. The van der Waals surface area contributed by atoms with Crippen molar-refractivity contribution in [3.8, 4) is 11.5 Å². The summed E-state index contributed by atoms with van der Waals surface area (Å²) in [4.78, 5) is 9.69. The zero-order chi connectivity index (χ0) is 22.9. The number of benzene rings is 1. The summed E-state index contributed by atoms with van der Waals surface area (Å²) in [5.41, 5.74) is 1.13. The van der Waals surface area contributed by atoms with Gasteiger partial charge in [0.2, 0.25) is 0 Å². The molecule has 0 radical (unpaired) electrons. The van der Waals surface area contributed by atoms with Gasteiger partial charge in [-0.1, -0.05) is 0 Å². The summed E-state index contributed by atoms with van der Waals surface area (Å²) in [5.74, 6) is 2.54. The van der Waals surface area contributed by atoms with Gasteiger partial charge in [-0.05, 0) is 33.6 Å². The number of guanidine groups is 1. The molecule has 2 heterocycles. The summed E-state index contributed by atoms with van der Waals surface area (Å²) in [6.45, 7) is 13.1. The van der Waals surface area contributed by atoms with Crippen LogP contribution in [0.25, 0.3) is 0 Å². The lowest BCUT2D eigenvalue weighted by atomic mass is 10.2. The third-order valence-corrected chi connectivity index (χ3v) is 5.97. The fourth-order valence-corrected chi connectivity index (χ4v) is 4.55. The predicted molar refractivity (Wildman–Crippen MR) is 130 cm³/mol. The summed E-state index contributed by atoms with van der Waals surface area (Å²) in [5, 5.41) is 7.03. The maximum Gasteiger partial charge on any atom is 0.191 e. The van der Waals surface area contributed by atoms with Crippen LogP contribution >= 0.6 is 0 Å². The van der Waals surface area contributed by atoms with Gasteiger partial charge in [0.25, 0.3) is 0 Å². The number of rotatable bonds is 9. The summed E-state index contributed by atoms with van der Waals surface area (Å²) in [6.07, 6.45) is 2.75. The molecule has 0 aliphatic carbocycles. The minimum absolute atomic E-state index is 0.316. The zero-order valence-electron chi connectivity index (χ0n) is 20.4. The number of methoxy groups -OCH3 is 2. The number of nitrogens with zero attached hydrogens (tertiary/aromatic N) is 3. The number of nitrogens with one attached hydrogen (secondary N) is 2. The van der Waals surface area contributed by atoms with Crippen LogP contribution in [-0.4, -0.2) is 89.1 Å². The monoisotopic (exact) mass is 447 g/mol. The number of morpholine rings is 1. The fraction of sp³-hybridized carbons (Fsp3) is 0.708. The number of aliphatic imine (C=N–C) groups is 1. The van der Waals surface area contributed by atoms with Gasteiger partial charge in [0.05, 0.1) is 26.4 Å². The quantitative estimate of drug-likeness (QED) is 0.342. The predicted octanol–water partition coefficient (Wildman–Crippen LogP) is 2.34. The Bertz CT molecular complexity index is 712. The Morgan fingerprint density at radius 2 is 1.78 bits per heavy atom. The first-order chi connectivity index (χ1) is 15.5. The summed E-state index contributed by atoms with van der Waals surface area (Å²) in [7, 11) is 3.37. The van der Waals surface area contributed by atoms with Gasteiger partial charge in [-0.3, -0.25) is 9.89 Å². The van der Waals surface area contributed by atoms with Crippen molar-refractivity contribution in [2.24, 2.45) is 4.99 Å². The SMILES string of the molecule is CCNC(=NCCCN1CC(C)OC(C)C1)NC1CCN(c2cc(OC)cc(OC)c2)C1. The van der Waals surface area contributed by atoms with Crippen LogP contribution in [0.2, 0.25) is 0 Å². The molecule has 2 aliphatic heterocycles. The minimum Gasteiger partial charge on any atom is -0.497 e. The van der Waals surface area contributed by atoms with Gasteiger partial charge >= 0.3 is 0 Å². The highest BCUT2D eigenvalue weighted by Gasteiger charge is 2.24. The molecule has 8 nitrogen and oxygen atoms in total. The number of hydrogen-bond donors (Lipinski definition) is 2. The molecule has 32 heavy (non-hydrogen) atoms. The van der Waals surface area contributed by atoms with Crippen LogP contribution in [0.3, 0.4) is 0 Å². The molecular formula is C24H41N5O3. The Balaban J connectivity index is 1.49. The van der Waals surface area contributed by atoms with Crippen molar-refractivity contribution in [2.75, 3.05) is 64.9 Å². The largest absolute Gasteiger partial charge is 0.497 e. The Hall–Kier alpha value is -2.19. The highest BCUT2D eigenvalue weighted by atomic mass is 16.5. The number of anilines is 1. The zero-order valence-corrected chi connectivity index (χ0v) is 20.4. The van der Waals surface area contributed by atoms with Crippen LogP contribution in [-0.2, 0) is 4.74 Å². The summed E-state index contributed by atoms with van der Waals surface area (Å²) in [6, 6.07) is 6.39. The average Bonchev–Trinajstić information content (AvgIpc) is 3.24. The van der Waals surface area contributed by atoms with E-state index >= 15 is 0 Å². The normalized spacial score (nSPS) is 24.5. The first-order valence-corrected chi connectivity index (χ1v) is 11.9. The third kappa shape index (κ3) is 7.17. The fourth-order valence-electron chi connectivity index (χ4n) is 4.55. The maximum absolute atomic E-state index is 5.83. The van der Waals surface area contributed by atoms with Crippen LogP contribution in [0.15, 0.2) is 23.2 Å². The Morgan fingerprint density at radius 3 is 2.41 bits per heavy atom. The highest BCUT2D eigenvalue weighted by Crippen LogP contribution is 2.30. The van der Waals surface area contributed by atoms with Gasteiger partial charge in [0.15, 0.2) is 5.96 Å². The summed E-state index contributed by atoms with van der Waals surface area (Å²) < 4.78 is 16.7. The van der Waals surface area contributed by atoms with E-state index in [1.807, 2.05) is 6.07 Å². The van der Waals surface area contributed by atoms with Gasteiger partial charge in [0, 0.05) is 75.7 Å². The van der Waals surface area contributed by atoms with Gasteiger partial charge in [-0.15, -0.1) is 0 Å². The van der Waals surface area contributed by atoms with Gasteiger partial charge < -0.3 is 29.7 Å². The van der Waals surface area contributed by atoms with Crippen molar-refractivity contribution in [1.82, 2.24) is 15.5 Å². The molecule has 2 aliphatic rings. The third-order valence-electron chi connectivity index (χ3n) is 5.97. The smallest absolute Gasteiger partial charge is 0.191 e. The van der Waals surface area contributed by atoms with Crippen LogP contribution in [0.5, 0.6) is 11.5 Å². The highest BCUT2D eigenvalue weighted by molar-refractivity contribution is 5.80. The molecule has 2 saturated heterocycles. The first-order valence-electron chi connectivity index (χ1n) is 11.9. The summed E-state index contributed by atoms with van der Waals surface area (Å²) >= 11 is 0. The number of hydrogen-bond acceptors (Lipinski definition) is 6. The lowest BCUT2D eigenvalue weighted by Gasteiger charge is -2.35. The Labute approximate surface area is 193 Å². The molecule has 1 aromatic carbocycles. The lowest BCUT2D eigenvalue weighted by Crippen LogP contribution is -2.46. The lowest BCUT2D eigenvalue weighted by molar-refractivity contribution is -0.0679. The van der Waals surface area contributed by atoms with Crippen LogP contribution in [0.4, 0.5) is 5.69 Å². The first kappa shape index (κ1) is 24.5. The molecule has 0 bridgehead atoms. The molecule has 1 aromatic rings. The van der Waals surface area contributed by atoms with E-state index in [9.17, 15) is 0 Å². The van der Waals surface area contributed by atoms with Crippen LogP contribution in [0.1, 0.15) is 33.6 Å². The van der Waals surface area contributed by atoms with Crippen molar-refractivity contribution in [3.63, 3.8) is 0 Å². The van der Waals surface area contributed by atoms with Gasteiger partial charge in [-0.25, -0.2) is 0 Å². The van der Waals surface area contributed by atoms with Crippen molar-refractivity contribution in [3.05, 3.63) is 18.2 Å². The molecule has 180 valence electrons. The molecule has 0 amide bonds. The van der Waals surface area contributed by atoms with Crippen LogP contribution < -0.4 is 25.0 Å². The molecular weight excluding hydrogens is 406 g/mol. The molecule has 0 aromatic heterocycles. The van der Waals surface area contributed by atoms with E-state index in [2.05, 4.69) is 53.3 Å². The molecule has 0 spiro atoms. The topological polar surface area (TPSA) is 70.6 Å². The van der Waals surface area contributed by atoms with E-state index in [-0.39, 0.29) is 0 Å². The van der Waals surface area contributed by atoms with Gasteiger partial charge in [0.1, 0.15) is 11.5 Å². The van der Waals surface area contributed by atoms with E-state index in [1.165, 1.54) is 0 Å². The van der Waals surface area contributed by atoms with Crippen molar-refractivity contribution in [2.45, 2.75) is 51.9 Å². The number of ether oxygens (including phenoxy) is 3. The van der Waals surface area contributed by atoms with Crippen molar-refractivity contribution < 1.29 is 14.2 Å².